The van der Waals surface area contributed by atoms with Crippen LogP contribution in [0, 0.1) is 0 Å². The normalized spacial score (nSPS) is 11.2. The molecule has 0 N–H and O–H groups in total. The van der Waals surface area contributed by atoms with E-state index < -0.39 is 0 Å². The summed E-state index contributed by atoms with van der Waals surface area (Å²) in [5.41, 5.74) is 3.68. The first-order chi connectivity index (χ1) is 8.86. The number of rotatable bonds is 4. The lowest BCUT2D eigenvalue weighted by Gasteiger charge is -2.01. The lowest BCUT2D eigenvalue weighted by molar-refractivity contribution is 0.795. The molecule has 2 heterocycles. The van der Waals surface area contributed by atoms with Gasteiger partial charge in [0.25, 0.3) is 0 Å². The van der Waals surface area contributed by atoms with Crippen LogP contribution in [0.1, 0.15) is 25.3 Å². The Morgan fingerprint density at radius 3 is 2.78 bits per heavy atom. The van der Waals surface area contributed by atoms with Gasteiger partial charge in [-0.15, -0.1) is 11.3 Å². The Hall–Kier alpha value is -1.61. The van der Waals surface area contributed by atoms with Crippen LogP contribution in [-0.4, -0.2) is 9.38 Å². The van der Waals surface area contributed by atoms with E-state index in [0.717, 1.165) is 10.7 Å². The van der Waals surface area contributed by atoms with Crippen molar-refractivity contribution in [1.82, 2.24) is 9.38 Å². The number of benzene rings is 1. The fraction of sp³-hybridized carbons (Fsp3) is 0.267. The van der Waals surface area contributed by atoms with Crippen molar-refractivity contribution in [2.45, 2.75) is 26.2 Å². The van der Waals surface area contributed by atoms with Crippen molar-refractivity contribution >= 4 is 16.3 Å². The summed E-state index contributed by atoms with van der Waals surface area (Å²) in [6.07, 6.45) is 7.83. The molecule has 0 aliphatic carbocycles. The fourth-order valence-corrected chi connectivity index (χ4v) is 2.79. The van der Waals surface area contributed by atoms with E-state index in [0.29, 0.717) is 0 Å². The summed E-state index contributed by atoms with van der Waals surface area (Å²) in [6.45, 7) is 2.23. The van der Waals surface area contributed by atoms with Gasteiger partial charge in [0.2, 0.25) is 0 Å². The average molecular weight is 256 g/mol. The third-order valence-corrected chi connectivity index (χ3v) is 3.93. The van der Waals surface area contributed by atoms with Crippen molar-refractivity contribution in [1.29, 1.82) is 0 Å². The molecule has 0 bridgehead atoms. The second-order valence-corrected chi connectivity index (χ2v) is 5.39. The maximum Gasteiger partial charge on any atom is 0.194 e. The van der Waals surface area contributed by atoms with Gasteiger partial charge >= 0.3 is 0 Å². The fourth-order valence-electron chi connectivity index (χ4n) is 2.09. The molecule has 2 nitrogen and oxygen atoms in total. The molecule has 1 aromatic carbocycles. The van der Waals surface area contributed by atoms with Crippen molar-refractivity contribution in [3.05, 3.63) is 47.6 Å². The second kappa shape index (κ2) is 4.94. The van der Waals surface area contributed by atoms with Gasteiger partial charge in [0.15, 0.2) is 4.96 Å². The van der Waals surface area contributed by atoms with E-state index in [-0.39, 0.29) is 0 Å². The molecule has 0 amide bonds. The molecule has 2 aromatic heterocycles. The summed E-state index contributed by atoms with van der Waals surface area (Å²) in [6, 6.07) is 8.80. The summed E-state index contributed by atoms with van der Waals surface area (Å²) in [5.74, 6) is 0. The summed E-state index contributed by atoms with van der Waals surface area (Å²) in [4.78, 5) is 5.67. The van der Waals surface area contributed by atoms with Gasteiger partial charge < -0.3 is 0 Å². The predicted octanol–water partition coefficient (Wildman–Crippen LogP) is 4.41. The molecule has 18 heavy (non-hydrogen) atoms. The van der Waals surface area contributed by atoms with Crippen molar-refractivity contribution < 1.29 is 0 Å². The highest BCUT2D eigenvalue weighted by atomic mass is 32.1. The minimum Gasteiger partial charge on any atom is -0.297 e. The molecule has 0 saturated carbocycles. The highest BCUT2D eigenvalue weighted by Crippen LogP contribution is 2.22. The number of aromatic nitrogens is 2. The zero-order chi connectivity index (χ0) is 12.4. The van der Waals surface area contributed by atoms with Crippen LogP contribution in [-0.2, 0) is 6.42 Å². The molecule has 0 atom stereocenters. The van der Waals surface area contributed by atoms with Crippen LogP contribution in [0.2, 0.25) is 0 Å². The van der Waals surface area contributed by atoms with E-state index in [1.807, 2.05) is 6.20 Å². The zero-order valence-electron chi connectivity index (χ0n) is 10.5. The summed E-state index contributed by atoms with van der Waals surface area (Å²) in [7, 11) is 0. The van der Waals surface area contributed by atoms with Crippen LogP contribution in [0.3, 0.4) is 0 Å². The third kappa shape index (κ3) is 2.18. The minimum atomic E-state index is 1.06. The Balaban J connectivity index is 1.85. The van der Waals surface area contributed by atoms with Gasteiger partial charge in [0, 0.05) is 23.3 Å². The van der Waals surface area contributed by atoms with Gasteiger partial charge in [0.05, 0.1) is 5.69 Å². The van der Waals surface area contributed by atoms with E-state index in [1.165, 1.54) is 30.4 Å². The number of hydrogen-bond acceptors (Lipinski definition) is 2. The van der Waals surface area contributed by atoms with E-state index in [2.05, 4.69) is 52.2 Å². The Morgan fingerprint density at radius 1 is 1.22 bits per heavy atom. The molecule has 0 aliphatic heterocycles. The van der Waals surface area contributed by atoms with Crippen LogP contribution in [0.25, 0.3) is 16.2 Å². The molecule has 0 spiro atoms. The quantitative estimate of drug-likeness (QED) is 0.676. The Morgan fingerprint density at radius 2 is 2.06 bits per heavy atom. The zero-order valence-corrected chi connectivity index (χ0v) is 11.3. The maximum atomic E-state index is 4.62. The first-order valence-electron chi connectivity index (χ1n) is 6.38. The van der Waals surface area contributed by atoms with Crippen LogP contribution >= 0.6 is 11.3 Å². The first kappa shape index (κ1) is 11.5. The molecule has 0 fully saturated rings. The largest absolute Gasteiger partial charge is 0.297 e. The highest BCUT2D eigenvalue weighted by Gasteiger charge is 2.04. The minimum absolute atomic E-state index is 1.06. The van der Waals surface area contributed by atoms with Crippen molar-refractivity contribution in [2.24, 2.45) is 0 Å². The Kier molecular flexibility index (Phi) is 3.15. The smallest absolute Gasteiger partial charge is 0.194 e. The Labute approximate surface area is 111 Å². The van der Waals surface area contributed by atoms with Gasteiger partial charge in [-0.05, 0) is 18.4 Å². The van der Waals surface area contributed by atoms with Crippen molar-refractivity contribution in [2.75, 3.05) is 0 Å². The summed E-state index contributed by atoms with van der Waals surface area (Å²) in [5, 5.41) is 2.06. The number of hydrogen-bond donors (Lipinski definition) is 0. The predicted molar refractivity (Wildman–Crippen MR) is 77.1 cm³/mol. The van der Waals surface area contributed by atoms with Gasteiger partial charge in [-0.3, -0.25) is 4.40 Å². The summed E-state index contributed by atoms with van der Waals surface area (Å²) < 4.78 is 2.07. The SMILES string of the molecule is CCCCc1ccc(-c2cn3ccsc3n2)cc1. The Bertz CT molecular complexity index is 605. The number of thiazole rings is 1. The molecule has 3 aromatic rings. The molecular formula is C15H16N2S. The van der Waals surface area contributed by atoms with E-state index in [1.54, 1.807) is 11.3 Å². The van der Waals surface area contributed by atoms with Crippen molar-refractivity contribution in [3.63, 3.8) is 0 Å². The maximum absolute atomic E-state index is 4.62. The molecule has 0 radical (unpaired) electrons. The first-order valence-corrected chi connectivity index (χ1v) is 7.26. The number of fused-ring (bicyclic) bond motifs is 1. The monoisotopic (exact) mass is 256 g/mol. The van der Waals surface area contributed by atoms with E-state index >= 15 is 0 Å². The molecule has 0 aliphatic rings. The topological polar surface area (TPSA) is 17.3 Å². The van der Waals surface area contributed by atoms with Crippen LogP contribution in [0.5, 0.6) is 0 Å². The van der Waals surface area contributed by atoms with Gasteiger partial charge in [-0.2, -0.15) is 0 Å². The molecular weight excluding hydrogens is 240 g/mol. The van der Waals surface area contributed by atoms with E-state index in [4.69, 9.17) is 0 Å². The standard InChI is InChI=1S/C15H16N2S/c1-2-3-4-12-5-7-13(8-6-12)14-11-17-9-10-18-15(17)16-14/h5-11H,2-4H2,1H3. The number of aryl methyl sites for hydroxylation is 1. The van der Waals surface area contributed by atoms with Gasteiger partial charge in [0.1, 0.15) is 0 Å². The third-order valence-electron chi connectivity index (χ3n) is 3.16. The van der Waals surface area contributed by atoms with Gasteiger partial charge in [-0.1, -0.05) is 37.6 Å². The molecule has 3 rings (SSSR count). The second-order valence-electron chi connectivity index (χ2n) is 4.52. The molecule has 3 heteroatoms. The van der Waals surface area contributed by atoms with Crippen LogP contribution < -0.4 is 0 Å². The van der Waals surface area contributed by atoms with Crippen LogP contribution in [0.4, 0.5) is 0 Å². The number of nitrogens with zero attached hydrogens (tertiary/aromatic N) is 2. The average Bonchev–Trinajstić information content (AvgIpc) is 2.97. The van der Waals surface area contributed by atoms with Crippen molar-refractivity contribution in [3.8, 4) is 11.3 Å². The lowest BCUT2D eigenvalue weighted by atomic mass is 10.1. The number of unbranched alkanes of at least 4 members (excludes halogenated alkanes) is 1. The van der Waals surface area contributed by atoms with Crippen LogP contribution in [0.15, 0.2) is 42.0 Å². The molecule has 0 saturated heterocycles. The van der Waals surface area contributed by atoms with E-state index in [9.17, 15) is 0 Å². The molecule has 92 valence electrons. The molecule has 0 unspecified atom stereocenters. The summed E-state index contributed by atoms with van der Waals surface area (Å²) >= 11 is 1.67. The van der Waals surface area contributed by atoms with Gasteiger partial charge in [-0.25, -0.2) is 4.98 Å². The number of imidazole rings is 1. The lowest BCUT2D eigenvalue weighted by Crippen LogP contribution is -1.85. The highest BCUT2D eigenvalue weighted by molar-refractivity contribution is 7.15.